The Hall–Kier alpha value is -0.810. The lowest BCUT2D eigenvalue weighted by molar-refractivity contribution is 0.0173. The molecule has 5 nitrogen and oxygen atoms in total. The molecule has 0 aromatic rings. The number of nitrogens with zero attached hydrogens (tertiary/aromatic N) is 4. The van der Waals surface area contributed by atoms with Crippen LogP contribution in [0, 0.1) is 11.8 Å². The van der Waals surface area contributed by atoms with Gasteiger partial charge in [-0.1, -0.05) is 13.8 Å². The number of likely N-dealkylation sites (tertiary alicyclic amines) is 1. The largest absolute Gasteiger partial charge is 0.357 e. The van der Waals surface area contributed by atoms with Gasteiger partial charge in [-0.2, -0.15) is 0 Å². The summed E-state index contributed by atoms with van der Waals surface area (Å²) in [4.78, 5) is 12.7. The topological polar surface area (TPSA) is 34.1 Å². The number of fused-ring (bicyclic) bond motifs is 3. The molecule has 0 saturated carbocycles. The van der Waals surface area contributed by atoms with Gasteiger partial charge in [-0.15, -0.1) is 0 Å². The van der Waals surface area contributed by atoms with E-state index in [9.17, 15) is 0 Å². The fourth-order valence-electron chi connectivity index (χ4n) is 4.40. The molecule has 5 heteroatoms. The Morgan fingerprint density at radius 3 is 2.52 bits per heavy atom. The van der Waals surface area contributed by atoms with E-state index >= 15 is 0 Å². The first-order valence-corrected chi connectivity index (χ1v) is 9.65. The lowest BCUT2D eigenvalue weighted by atomic mass is 9.97. The molecular weight excluding hydrogens is 286 g/mol. The van der Waals surface area contributed by atoms with E-state index in [0.29, 0.717) is 6.04 Å². The van der Waals surface area contributed by atoms with Crippen molar-refractivity contribution in [3.63, 3.8) is 0 Å². The zero-order chi connectivity index (χ0) is 16.2. The van der Waals surface area contributed by atoms with Gasteiger partial charge >= 0.3 is 0 Å². The van der Waals surface area contributed by atoms with Crippen molar-refractivity contribution in [1.29, 1.82) is 0 Å². The smallest absolute Gasteiger partial charge is 0.193 e. The van der Waals surface area contributed by atoms with Crippen LogP contribution in [-0.2, 0) is 0 Å². The van der Waals surface area contributed by atoms with Crippen molar-refractivity contribution in [2.24, 2.45) is 16.8 Å². The van der Waals surface area contributed by atoms with Crippen LogP contribution >= 0.6 is 0 Å². The molecule has 2 bridgehead atoms. The van der Waals surface area contributed by atoms with E-state index in [4.69, 9.17) is 4.99 Å². The fourth-order valence-corrected chi connectivity index (χ4v) is 4.40. The number of hydrogen-bond acceptors (Lipinski definition) is 3. The normalized spacial score (nSPS) is 34.4. The van der Waals surface area contributed by atoms with Crippen LogP contribution in [0.25, 0.3) is 0 Å². The van der Waals surface area contributed by atoms with Crippen LogP contribution < -0.4 is 5.32 Å². The number of piperazine rings is 3. The van der Waals surface area contributed by atoms with Gasteiger partial charge in [-0.3, -0.25) is 14.8 Å². The molecule has 4 saturated heterocycles. The maximum absolute atomic E-state index is 5.01. The zero-order valence-corrected chi connectivity index (χ0v) is 15.3. The van der Waals surface area contributed by atoms with Gasteiger partial charge in [0.2, 0.25) is 0 Å². The summed E-state index contributed by atoms with van der Waals surface area (Å²) in [7, 11) is 0. The quantitative estimate of drug-likeness (QED) is 0.612. The van der Waals surface area contributed by atoms with E-state index in [1.54, 1.807) is 0 Å². The Bertz CT molecular complexity index is 400. The molecule has 0 aromatic carbocycles. The number of guanidine groups is 1. The van der Waals surface area contributed by atoms with E-state index in [1.165, 1.54) is 58.7 Å². The molecule has 1 N–H and O–H groups in total. The molecule has 0 radical (unpaired) electrons. The third kappa shape index (κ3) is 4.38. The average molecular weight is 322 g/mol. The van der Waals surface area contributed by atoms with Gasteiger partial charge in [0.15, 0.2) is 5.96 Å². The predicted octanol–water partition coefficient (Wildman–Crippen LogP) is 1.32. The summed E-state index contributed by atoms with van der Waals surface area (Å²) in [5, 5.41) is 3.53. The molecule has 0 spiro atoms. The lowest BCUT2D eigenvalue weighted by Crippen LogP contribution is -2.62. The van der Waals surface area contributed by atoms with E-state index < -0.39 is 0 Å². The SMILES string of the molecule is CCNC(=NCC1CN2CCN1CC2)N1CCC(CC(C)C)C1. The Kier molecular flexibility index (Phi) is 5.81. The van der Waals surface area contributed by atoms with Gasteiger partial charge in [-0.05, 0) is 31.6 Å². The number of hydrogen-bond donors (Lipinski definition) is 1. The van der Waals surface area contributed by atoms with Gasteiger partial charge in [0.1, 0.15) is 0 Å². The second-order valence-corrected chi connectivity index (χ2v) is 7.92. The second-order valence-electron chi connectivity index (χ2n) is 7.92. The van der Waals surface area contributed by atoms with E-state index in [0.717, 1.165) is 30.9 Å². The monoisotopic (exact) mass is 321 g/mol. The van der Waals surface area contributed by atoms with Crippen LogP contribution in [0.1, 0.15) is 33.6 Å². The minimum absolute atomic E-state index is 0.625. The van der Waals surface area contributed by atoms with Crippen molar-refractivity contribution in [2.45, 2.75) is 39.7 Å². The Morgan fingerprint density at radius 1 is 1.13 bits per heavy atom. The third-order valence-corrected chi connectivity index (χ3v) is 5.57. The van der Waals surface area contributed by atoms with Crippen molar-refractivity contribution in [3.8, 4) is 0 Å². The van der Waals surface area contributed by atoms with E-state index in [1.807, 2.05) is 0 Å². The molecule has 0 amide bonds. The molecule has 0 aliphatic carbocycles. The molecule has 2 unspecified atom stereocenters. The van der Waals surface area contributed by atoms with Crippen LogP contribution in [0.3, 0.4) is 0 Å². The fraction of sp³-hybridized carbons (Fsp3) is 0.944. The molecule has 2 atom stereocenters. The lowest BCUT2D eigenvalue weighted by Gasteiger charge is -2.47. The van der Waals surface area contributed by atoms with Crippen molar-refractivity contribution >= 4 is 5.96 Å². The highest BCUT2D eigenvalue weighted by atomic mass is 15.4. The highest BCUT2D eigenvalue weighted by Gasteiger charge is 2.32. The molecule has 4 rings (SSSR count). The summed E-state index contributed by atoms with van der Waals surface area (Å²) < 4.78 is 0. The summed E-state index contributed by atoms with van der Waals surface area (Å²) in [6.07, 6.45) is 2.67. The van der Waals surface area contributed by atoms with Gasteiger partial charge in [0.25, 0.3) is 0 Å². The molecule has 4 aliphatic rings. The summed E-state index contributed by atoms with van der Waals surface area (Å²) in [5.74, 6) is 2.80. The summed E-state index contributed by atoms with van der Waals surface area (Å²) in [6.45, 7) is 17.3. The Morgan fingerprint density at radius 2 is 1.91 bits per heavy atom. The molecule has 4 heterocycles. The van der Waals surface area contributed by atoms with Crippen molar-refractivity contribution in [1.82, 2.24) is 20.0 Å². The molecule has 23 heavy (non-hydrogen) atoms. The molecule has 0 aromatic heterocycles. The average Bonchev–Trinajstić information content (AvgIpc) is 3.00. The highest BCUT2D eigenvalue weighted by molar-refractivity contribution is 5.80. The minimum atomic E-state index is 0.625. The minimum Gasteiger partial charge on any atom is -0.357 e. The third-order valence-electron chi connectivity index (χ3n) is 5.57. The first kappa shape index (κ1) is 17.0. The number of aliphatic imine (C=N–C) groups is 1. The van der Waals surface area contributed by atoms with E-state index in [-0.39, 0.29) is 0 Å². The second kappa shape index (κ2) is 7.84. The van der Waals surface area contributed by atoms with Crippen molar-refractivity contribution in [3.05, 3.63) is 0 Å². The highest BCUT2D eigenvalue weighted by Crippen LogP contribution is 2.23. The molecule has 4 aliphatic heterocycles. The van der Waals surface area contributed by atoms with Gasteiger partial charge < -0.3 is 10.2 Å². The number of rotatable bonds is 5. The van der Waals surface area contributed by atoms with Gasteiger partial charge in [0, 0.05) is 58.4 Å². The Labute approximate surface area is 142 Å². The first-order chi connectivity index (χ1) is 11.2. The van der Waals surface area contributed by atoms with Crippen molar-refractivity contribution < 1.29 is 0 Å². The summed E-state index contributed by atoms with van der Waals surface area (Å²) >= 11 is 0. The molecular formula is C18H35N5. The van der Waals surface area contributed by atoms with Crippen LogP contribution in [0.2, 0.25) is 0 Å². The van der Waals surface area contributed by atoms with Crippen LogP contribution in [0.15, 0.2) is 4.99 Å². The molecule has 132 valence electrons. The Balaban J connectivity index is 1.56. The maximum Gasteiger partial charge on any atom is 0.193 e. The summed E-state index contributed by atoms with van der Waals surface area (Å²) in [6, 6.07) is 0.625. The first-order valence-electron chi connectivity index (χ1n) is 9.65. The molecule has 4 fully saturated rings. The maximum atomic E-state index is 5.01. The summed E-state index contributed by atoms with van der Waals surface area (Å²) in [5.41, 5.74) is 0. The zero-order valence-electron chi connectivity index (χ0n) is 15.3. The van der Waals surface area contributed by atoms with E-state index in [2.05, 4.69) is 40.8 Å². The van der Waals surface area contributed by atoms with Crippen LogP contribution in [0.5, 0.6) is 0 Å². The standard InChI is InChI=1S/C18H35N5/c1-4-19-18(23-6-5-16(13-23)11-15(2)3)20-12-17-14-21-7-9-22(17)10-8-21/h15-17H,4-14H2,1-3H3,(H,19,20). The van der Waals surface area contributed by atoms with Crippen LogP contribution in [-0.4, -0.2) is 85.6 Å². The van der Waals surface area contributed by atoms with Crippen LogP contribution in [0.4, 0.5) is 0 Å². The van der Waals surface area contributed by atoms with Gasteiger partial charge in [0.05, 0.1) is 6.54 Å². The number of nitrogens with one attached hydrogen (secondary N) is 1. The van der Waals surface area contributed by atoms with Crippen molar-refractivity contribution in [2.75, 3.05) is 58.9 Å². The predicted molar refractivity (Wildman–Crippen MR) is 96.9 cm³/mol. The van der Waals surface area contributed by atoms with Gasteiger partial charge in [-0.25, -0.2) is 0 Å².